The lowest BCUT2D eigenvalue weighted by atomic mass is 10.0. The molecule has 0 atom stereocenters. The zero-order valence-corrected chi connectivity index (χ0v) is 12.8. The summed E-state index contributed by atoms with van der Waals surface area (Å²) in [6, 6.07) is 15.6. The number of nitrogens with zero attached hydrogens (tertiary/aromatic N) is 2. The molecular weight excluding hydrogens is 274 g/mol. The molecule has 0 spiro atoms. The highest BCUT2D eigenvalue weighted by atomic mass is 16.5. The van der Waals surface area contributed by atoms with Gasteiger partial charge in [0.15, 0.2) is 0 Å². The van der Waals surface area contributed by atoms with Crippen molar-refractivity contribution in [3.05, 3.63) is 53.6 Å². The summed E-state index contributed by atoms with van der Waals surface area (Å²) in [6.45, 7) is 5.57. The van der Waals surface area contributed by atoms with Crippen LogP contribution in [0.2, 0.25) is 0 Å². The molecule has 1 heterocycles. The number of nitrogen functional groups attached to an aromatic ring is 1. The first kappa shape index (κ1) is 14.3. The maximum Gasteiger partial charge on any atom is 0.145 e. The second-order valence-corrected chi connectivity index (χ2v) is 6.22. The van der Waals surface area contributed by atoms with E-state index in [9.17, 15) is 0 Å². The Labute approximate surface area is 130 Å². The van der Waals surface area contributed by atoms with Gasteiger partial charge in [0.1, 0.15) is 17.0 Å². The first-order valence-corrected chi connectivity index (χ1v) is 7.30. The first-order valence-electron chi connectivity index (χ1n) is 7.30. The minimum atomic E-state index is -0.284. The Morgan fingerprint density at radius 3 is 2.82 bits per heavy atom. The molecule has 0 radical (unpaired) electrons. The van der Waals surface area contributed by atoms with Crippen molar-refractivity contribution in [2.45, 2.75) is 26.0 Å². The van der Waals surface area contributed by atoms with Crippen LogP contribution >= 0.6 is 0 Å². The lowest BCUT2D eigenvalue weighted by Gasteiger charge is -2.41. The maximum atomic E-state index is 9.05. The van der Waals surface area contributed by atoms with Crippen molar-refractivity contribution in [3.8, 4) is 11.8 Å². The van der Waals surface area contributed by atoms with Crippen molar-refractivity contribution >= 4 is 11.4 Å². The van der Waals surface area contributed by atoms with Crippen LogP contribution in [-0.4, -0.2) is 12.1 Å². The fourth-order valence-electron chi connectivity index (χ4n) is 2.92. The summed E-state index contributed by atoms with van der Waals surface area (Å²) in [6.07, 6.45) is 0. The molecule has 0 unspecified atom stereocenters. The van der Waals surface area contributed by atoms with Gasteiger partial charge < -0.3 is 15.4 Å². The van der Waals surface area contributed by atoms with Gasteiger partial charge in [0, 0.05) is 6.54 Å². The lowest BCUT2D eigenvalue weighted by Crippen LogP contribution is -2.46. The standard InChI is InChI=1S/C18H19N3O/c1-18(2)12-21(11-14-6-3-5-13(9-14)10-19)17-15(20)7-4-8-16(17)22-18/h3-9H,11-12,20H2,1-2H3. The van der Waals surface area contributed by atoms with Crippen molar-refractivity contribution in [2.75, 3.05) is 17.2 Å². The normalized spacial score (nSPS) is 15.6. The molecule has 0 fully saturated rings. The first-order chi connectivity index (χ1) is 10.5. The lowest BCUT2D eigenvalue weighted by molar-refractivity contribution is 0.105. The van der Waals surface area contributed by atoms with Crippen LogP contribution in [0.15, 0.2) is 42.5 Å². The fourth-order valence-corrected chi connectivity index (χ4v) is 2.92. The summed E-state index contributed by atoms with van der Waals surface area (Å²) in [5.41, 5.74) is 9.28. The Balaban J connectivity index is 1.98. The molecule has 0 amide bonds. The smallest absolute Gasteiger partial charge is 0.145 e. The Morgan fingerprint density at radius 2 is 2.05 bits per heavy atom. The van der Waals surface area contributed by atoms with Gasteiger partial charge in [-0.2, -0.15) is 5.26 Å². The second-order valence-electron chi connectivity index (χ2n) is 6.22. The van der Waals surface area contributed by atoms with E-state index >= 15 is 0 Å². The SMILES string of the molecule is CC1(C)CN(Cc2cccc(C#N)c2)c2c(N)cccc2O1. The summed E-state index contributed by atoms with van der Waals surface area (Å²) in [4.78, 5) is 2.23. The van der Waals surface area contributed by atoms with E-state index in [4.69, 9.17) is 15.7 Å². The van der Waals surface area contributed by atoms with Gasteiger partial charge in [-0.1, -0.05) is 18.2 Å². The minimum Gasteiger partial charge on any atom is -0.484 e. The predicted molar refractivity (Wildman–Crippen MR) is 87.8 cm³/mol. The molecule has 0 bridgehead atoms. The summed E-state index contributed by atoms with van der Waals surface area (Å²) in [5.74, 6) is 0.813. The zero-order chi connectivity index (χ0) is 15.7. The third-order valence-electron chi connectivity index (χ3n) is 3.73. The van der Waals surface area contributed by atoms with E-state index in [1.807, 2.05) is 42.5 Å². The van der Waals surface area contributed by atoms with Crippen molar-refractivity contribution in [2.24, 2.45) is 0 Å². The molecule has 2 aromatic rings. The molecule has 4 nitrogen and oxygen atoms in total. The summed E-state index contributed by atoms with van der Waals surface area (Å²) in [7, 11) is 0. The van der Waals surface area contributed by atoms with Crippen molar-refractivity contribution in [1.29, 1.82) is 5.26 Å². The Morgan fingerprint density at radius 1 is 1.27 bits per heavy atom. The second kappa shape index (κ2) is 5.27. The number of anilines is 2. The summed E-state index contributed by atoms with van der Waals surface area (Å²) < 4.78 is 6.04. The van der Waals surface area contributed by atoms with Crippen LogP contribution in [0.4, 0.5) is 11.4 Å². The number of fused-ring (bicyclic) bond motifs is 1. The van der Waals surface area contributed by atoms with Crippen molar-refractivity contribution < 1.29 is 4.74 Å². The monoisotopic (exact) mass is 293 g/mol. The average Bonchev–Trinajstić information content (AvgIpc) is 2.46. The molecule has 0 saturated carbocycles. The Kier molecular flexibility index (Phi) is 3.42. The molecule has 1 aliphatic rings. The van der Waals surface area contributed by atoms with Gasteiger partial charge in [-0.05, 0) is 43.7 Å². The van der Waals surface area contributed by atoms with Gasteiger partial charge in [-0.25, -0.2) is 0 Å². The van der Waals surface area contributed by atoms with E-state index in [1.54, 1.807) is 0 Å². The topological polar surface area (TPSA) is 62.3 Å². The third-order valence-corrected chi connectivity index (χ3v) is 3.73. The molecular formula is C18H19N3O. The van der Waals surface area contributed by atoms with Crippen LogP contribution < -0.4 is 15.4 Å². The zero-order valence-electron chi connectivity index (χ0n) is 12.8. The number of hydrogen-bond acceptors (Lipinski definition) is 4. The molecule has 0 aromatic heterocycles. The van der Waals surface area contributed by atoms with Crippen molar-refractivity contribution in [1.82, 2.24) is 0 Å². The molecule has 22 heavy (non-hydrogen) atoms. The van der Waals surface area contributed by atoms with Crippen LogP contribution in [0, 0.1) is 11.3 Å². The van der Waals surface area contributed by atoms with Crippen molar-refractivity contribution in [3.63, 3.8) is 0 Å². The highest BCUT2D eigenvalue weighted by Gasteiger charge is 2.32. The van der Waals surface area contributed by atoms with Gasteiger partial charge in [0.05, 0.1) is 23.9 Å². The largest absolute Gasteiger partial charge is 0.484 e. The molecule has 0 aliphatic carbocycles. The molecule has 3 rings (SSSR count). The van der Waals surface area contributed by atoms with Crippen LogP contribution in [0.5, 0.6) is 5.75 Å². The highest BCUT2D eigenvalue weighted by molar-refractivity contribution is 5.76. The Bertz CT molecular complexity index is 746. The predicted octanol–water partition coefficient (Wildman–Crippen LogP) is 3.32. The van der Waals surface area contributed by atoms with E-state index in [1.165, 1.54) is 0 Å². The average molecular weight is 293 g/mol. The Hall–Kier alpha value is -2.67. The number of para-hydroxylation sites is 1. The van der Waals surface area contributed by atoms with Gasteiger partial charge in [0.2, 0.25) is 0 Å². The molecule has 112 valence electrons. The maximum absolute atomic E-state index is 9.05. The van der Waals surface area contributed by atoms with E-state index in [-0.39, 0.29) is 5.60 Å². The number of rotatable bonds is 2. The van der Waals surface area contributed by atoms with Gasteiger partial charge in [-0.15, -0.1) is 0 Å². The van der Waals surface area contributed by atoms with Crippen LogP contribution in [-0.2, 0) is 6.54 Å². The highest BCUT2D eigenvalue weighted by Crippen LogP contribution is 2.41. The van der Waals surface area contributed by atoms with Gasteiger partial charge >= 0.3 is 0 Å². The number of benzene rings is 2. The van der Waals surface area contributed by atoms with E-state index < -0.39 is 0 Å². The van der Waals surface area contributed by atoms with Crippen LogP contribution in [0.3, 0.4) is 0 Å². The summed E-state index contributed by atoms with van der Waals surface area (Å²) in [5, 5.41) is 9.05. The number of nitriles is 1. The minimum absolute atomic E-state index is 0.284. The number of ether oxygens (including phenoxy) is 1. The quantitative estimate of drug-likeness (QED) is 0.863. The molecule has 2 aromatic carbocycles. The van der Waals surface area contributed by atoms with E-state index in [0.29, 0.717) is 17.8 Å². The molecule has 2 N–H and O–H groups in total. The number of hydrogen-bond donors (Lipinski definition) is 1. The fraction of sp³-hybridized carbons (Fsp3) is 0.278. The molecule has 1 aliphatic heterocycles. The van der Waals surface area contributed by atoms with Gasteiger partial charge in [0.25, 0.3) is 0 Å². The third kappa shape index (κ3) is 2.71. The van der Waals surface area contributed by atoms with Crippen LogP contribution in [0.1, 0.15) is 25.0 Å². The van der Waals surface area contributed by atoms with Crippen LogP contribution in [0.25, 0.3) is 0 Å². The van der Waals surface area contributed by atoms with Gasteiger partial charge in [-0.3, -0.25) is 0 Å². The molecule has 4 heteroatoms. The van der Waals surface area contributed by atoms with E-state index in [0.717, 1.165) is 23.5 Å². The summed E-state index contributed by atoms with van der Waals surface area (Å²) >= 11 is 0. The molecule has 0 saturated heterocycles. The van der Waals surface area contributed by atoms with E-state index in [2.05, 4.69) is 24.8 Å². The number of nitrogens with two attached hydrogens (primary N) is 1.